The molecule has 5 heteroatoms. The van der Waals surface area contributed by atoms with E-state index in [1.54, 1.807) is 0 Å². The maximum absolute atomic E-state index is 5.74. The number of hydrogen-bond donors (Lipinski definition) is 0. The lowest BCUT2D eigenvalue weighted by Gasteiger charge is -2.17. The topological polar surface area (TPSA) is 30.8 Å². The van der Waals surface area contributed by atoms with Gasteiger partial charge in [-0.3, -0.25) is 0 Å². The van der Waals surface area contributed by atoms with Crippen LogP contribution in [-0.4, -0.2) is 30.9 Å². The predicted molar refractivity (Wildman–Crippen MR) is 93.2 cm³/mol. The van der Waals surface area contributed by atoms with Crippen molar-refractivity contribution in [1.29, 1.82) is 0 Å². The van der Waals surface area contributed by atoms with Gasteiger partial charge in [0.05, 0.1) is 18.9 Å². The molecular formula is C17H23Cl2NO2. The Bertz CT molecular complexity index is 492. The van der Waals surface area contributed by atoms with Crippen LogP contribution < -0.4 is 4.74 Å². The summed E-state index contributed by atoms with van der Waals surface area (Å²) in [6, 6.07) is 6.11. The van der Waals surface area contributed by atoms with Crippen molar-refractivity contribution in [3.63, 3.8) is 0 Å². The highest BCUT2D eigenvalue weighted by atomic mass is 35.5. The van der Waals surface area contributed by atoms with E-state index < -0.39 is 0 Å². The van der Waals surface area contributed by atoms with Crippen molar-refractivity contribution < 1.29 is 9.47 Å². The summed E-state index contributed by atoms with van der Waals surface area (Å²) < 4.78 is 11.5. The van der Waals surface area contributed by atoms with Gasteiger partial charge in [0.1, 0.15) is 5.75 Å². The largest absolute Gasteiger partial charge is 0.494 e. The number of benzene rings is 1. The first-order valence-electron chi connectivity index (χ1n) is 7.91. The van der Waals surface area contributed by atoms with Crippen molar-refractivity contribution in [2.75, 3.05) is 25.0 Å². The monoisotopic (exact) mass is 343 g/mol. The average Bonchev–Trinajstić information content (AvgIpc) is 2.55. The second-order valence-electron chi connectivity index (χ2n) is 5.29. The average molecular weight is 344 g/mol. The van der Waals surface area contributed by atoms with Gasteiger partial charge in [-0.05, 0) is 43.7 Å². The van der Waals surface area contributed by atoms with Crippen LogP contribution in [-0.2, 0) is 11.2 Å². The molecule has 122 valence electrons. The van der Waals surface area contributed by atoms with Crippen LogP contribution in [0.5, 0.6) is 5.75 Å². The molecule has 1 aromatic rings. The zero-order chi connectivity index (χ0) is 15.6. The molecule has 0 radical (unpaired) electrons. The molecule has 1 aromatic carbocycles. The lowest BCUT2D eigenvalue weighted by molar-refractivity contribution is 0.287. The maximum Gasteiger partial charge on any atom is 0.188 e. The van der Waals surface area contributed by atoms with E-state index in [4.69, 9.17) is 32.7 Å². The zero-order valence-electron chi connectivity index (χ0n) is 12.8. The van der Waals surface area contributed by atoms with Gasteiger partial charge in [-0.2, -0.15) is 0 Å². The number of halogens is 2. The van der Waals surface area contributed by atoms with E-state index in [2.05, 4.69) is 11.1 Å². The number of unbranched alkanes of at least 4 members (excludes halogenated alkanes) is 2. The maximum atomic E-state index is 5.74. The fourth-order valence-electron chi connectivity index (χ4n) is 2.26. The summed E-state index contributed by atoms with van der Waals surface area (Å²) in [5.41, 5.74) is 2.22. The second kappa shape index (κ2) is 9.96. The van der Waals surface area contributed by atoms with E-state index in [0.717, 1.165) is 55.9 Å². The van der Waals surface area contributed by atoms with Crippen LogP contribution >= 0.6 is 23.2 Å². The number of nitrogens with zero attached hydrogens (tertiary/aromatic N) is 1. The minimum absolute atomic E-state index is 0.683. The molecule has 1 aliphatic rings. The highest BCUT2D eigenvalue weighted by molar-refractivity contribution is 6.18. The van der Waals surface area contributed by atoms with Gasteiger partial charge >= 0.3 is 0 Å². The van der Waals surface area contributed by atoms with E-state index in [1.807, 2.05) is 12.1 Å². The Morgan fingerprint density at radius 2 is 1.64 bits per heavy atom. The smallest absolute Gasteiger partial charge is 0.188 e. The third kappa shape index (κ3) is 5.69. The van der Waals surface area contributed by atoms with Gasteiger partial charge in [0.15, 0.2) is 5.90 Å². The van der Waals surface area contributed by atoms with Gasteiger partial charge in [0.2, 0.25) is 0 Å². The summed E-state index contributed by atoms with van der Waals surface area (Å²) in [4.78, 5) is 4.61. The minimum atomic E-state index is 0.683. The number of aliphatic imine (C=N–C) groups is 1. The molecule has 0 aliphatic carbocycles. The third-order valence-electron chi connectivity index (χ3n) is 3.50. The molecule has 1 heterocycles. The molecule has 1 aliphatic heterocycles. The molecule has 2 rings (SSSR count). The summed E-state index contributed by atoms with van der Waals surface area (Å²) in [6.45, 7) is 1.38. The standard InChI is InChI=1S/C17H23Cl2NO2/c18-9-1-3-11-21-15-7-5-14-6-8-17(20-16(14)13-15)22-12-4-2-10-19/h5,7,13H,1-4,6,8-12H2. The Morgan fingerprint density at radius 1 is 0.909 bits per heavy atom. The molecule has 22 heavy (non-hydrogen) atoms. The molecule has 0 bridgehead atoms. The second-order valence-corrected chi connectivity index (χ2v) is 6.04. The Labute approximate surface area is 142 Å². The summed E-state index contributed by atoms with van der Waals surface area (Å²) >= 11 is 11.3. The Morgan fingerprint density at radius 3 is 2.36 bits per heavy atom. The number of ether oxygens (including phenoxy) is 2. The summed E-state index contributed by atoms with van der Waals surface area (Å²) in [5.74, 6) is 3.05. The summed E-state index contributed by atoms with van der Waals surface area (Å²) in [7, 11) is 0. The molecule has 0 saturated carbocycles. The van der Waals surface area contributed by atoms with E-state index >= 15 is 0 Å². The lowest BCUT2D eigenvalue weighted by Crippen LogP contribution is -2.11. The quantitative estimate of drug-likeness (QED) is 0.461. The highest BCUT2D eigenvalue weighted by Crippen LogP contribution is 2.30. The lowest BCUT2D eigenvalue weighted by atomic mass is 10.0. The molecular weight excluding hydrogens is 321 g/mol. The minimum Gasteiger partial charge on any atom is -0.494 e. The summed E-state index contributed by atoms with van der Waals surface area (Å²) in [6.07, 6.45) is 5.73. The van der Waals surface area contributed by atoms with Crippen molar-refractivity contribution in [2.24, 2.45) is 4.99 Å². The Hall–Kier alpha value is -0.930. The van der Waals surface area contributed by atoms with Crippen LogP contribution in [0.2, 0.25) is 0 Å². The van der Waals surface area contributed by atoms with Gasteiger partial charge in [-0.1, -0.05) is 6.07 Å². The van der Waals surface area contributed by atoms with Gasteiger partial charge in [-0.25, -0.2) is 4.99 Å². The number of aryl methyl sites for hydroxylation is 1. The van der Waals surface area contributed by atoms with Crippen LogP contribution in [0.1, 0.15) is 37.7 Å². The van der Waals surface area contributed by atoms with Crippen molar-refractivity contribution in [3.05, 3.63) is 23.8 Å². The first-order chi connectivity index (χ1) is 10.8. The fraction of sp³-hybridized carbons (Fsp3) is 0.588. The van der Waals surface area contributed by atoms with Crippen LogP contribution in [0.4, 0.5) is 5.69 Å². The molecule has 3 nitrogen and oxygen atoms in total. The van der Waals surface area contributed by atoms with E-state index in [1.165, 1.54) is 5.56 Å². The van der Waals surface area contributed by atoms with E-state index in [9.17, 15) is 0 Å². The van der Waals surface area contributed by atoms with Crippen LogP contribution in [0.25, 0.3) is 0 Å². The van der Waals surface area contributed by atoms with Crippen molar-refractivity contribution >= 4 is 34.8 Å². The van der Waals surface area contributed by atoms with Crippen LogP contribution in [0.3, 0.4) is 0 Å². The number of alkyl halides is 2. The Kier molecular flexibility index (Phi) is 7.89. The van der Waals surface area contributed by atoms with Crippen molar-refractivity contribution in [3.8, 4) is 5.75 Å². The predicted octanol–water partition coefficient (Wildman–Crippen LogP) is 5.10. The third-order valence-corrected chi connectivity index (χ3v) is 4.04. The fourth-order valence-corrected chi connectivity index (χ4v) is 2.64. The SMILES string of the molecule is ClCCCCOC1=Nc2cc(OCCCCCl)ccc2CC1. The molecule has 0 N–H and O–H groups in total. The van der Waals surface area contributed by atoms with Gasteiger partial charge < -0.3 is 9.47 Å². The van der Waals surface area contributed by atoms with Gasteiger partial charge in [0.25, 0.3) is 0 Å². The Balaban J connectivity index is 1.89. The molecule has 0 fully saturated rings. The molecule has 0 spiro atoms. The first-order valence-corrected chi connectivity index (χ1v) is 8.98. The number of hydrogen-bond acceptors (Lipinski definition) is 3. The number of rotatable bonds is 9. The summed E-state index contributed by atoms with van der Waals surface area (Å²) in [5, 5.41) is 0. The van der Waals surface area contributed by atoms with Crippen LogP contribution in [0, 0.1) is 0 Å². The van der Waals surface area contributed by atoms with E-state index in [-0.39, 0.29) is 0 Å². The molecule has 0 aromatic heterocycles. The van der Waals surface area contributed by atoms with Crippen molar-refractivity contribution in [2.45, 2.75) is 38.5 Å². The molecule has 0 amide bonds. The van der Waals surface area contributed by atoms with Crippen molar-refractivity contribution in [1.82, 2.24) is 0 Å². The molecule has 0 saturated heterocycles. The number of fused-ring (bicyclic) bond motifs is 1. The zero-order valence-corrected chi connectivity index (χ0v) is 14.3. The van der Waals surface area contributed by atoms with Crippen LogP contribution in [0.15, 0.2) is 23.2 Å². The van der Waals surface area contributed by atoms with E-state index in [0.29, 0.717) is 25.0 Å². The molecule has 0 unspecified atom stereocenters. The van der Waals surface area contributed by atoms with Gasteiger partial charge in [0, 0.05) is 24.2 Å². The normalized spacial score (nSPS) is 13.5. The molecule has 0 atom stereocenters. The highest BCUT2D eigenvalue weighted by Gasteiger charge is 2.13. The van der Waals surface area contributed by atoms with Gasteiger partial charge in [-0.15, -0.1) is 23.2 Å². The first kappa shape index (κ1) is 17.4.